The molecule has 0 amide bonds. The molecule has 1 aromatic carbocycles. The number of rotatable bonds is 2. The molecule has 5 heteroatoms. The lowest BCUT2D eigenvalue weighted by Crippen LogP contribution is -2.20. The molecule has 2 heterocycles. The van der Waals surface area contributed by atoms with Crippen molar-refractivity contribution in [1.29, 1.82) is 0 Å². The van der Waals surface area contributed by atoms with Gasteiger partial charge in [-0.1, -0.05) is 12.1 Å². The molecule has 0 aliphatic rings. The zero-order chi connectivity index (χ0) is 13.4. The molecule has 0 N–H and O–H groups in total. The van der Waals surface area contributed by atoms with Crippen LogP contribution in [0.15, 0.2) is 41.5 Å². The van der Waals surface area contributed by atoms with Gasteiger partial charge >= 0.3 is 0 Å². The van der Waals surface area contributed by atoms with E-state index in [1.54, 1.807) is 23.0 Å². The number of aryl methyl sites for hydroxylation is 1. The first-order chi connectivity index (χ1) is 9.13. The highest BCUT2D eigenvalue weighted by molar-refractivity contribution is 7.18. The Balaban J connectivity index is 2.03. The molecule has 0 saturated carbocycles. The van der Waals surface area contributed by atoms with Gasteiger partial charge in [0.2, 0.25) is 0 Å². The van der Waals surface area contributed by atoms with Gasteiger partial charge in [0, 0.05) is 4.88 Å². The summed E-state index contributed by atoms with van der Waals surface area (Å²) in [4.78, 5) is 18.4. The molecular weight excluding hydrogens is 263 g/mol. The highest BCUT2D eigenvalue weighted by atomic mass is 32.1. The van der Waals surface area contributed by atoms with E-state index < -0.39 is 0 Å². The zero-order valence-corrected chi connectivity index (χ0v) is 11.1. The molecule has 3 aromatic rings. The van der Waals surface area contributed by atoms with Crippen LogP contribution in [0.1, 0.15) is 10.4 Å². The Labute approximate surface area is 113 Å². The summed E-state index contributed by atoms with van der Waals surface area (Å²) < 4.78 is 14.4. The summed E-state index contributed by atoms with van der Waals surface area (Å²) in [6, 6.07) is 7.98. The molecule has 0 saturated heterocycles. The van der Waals surface area contributed by atoms with Crippen molar-refractivity contribution in [2.24, 2.45) is 0 Å². The maximum Gasteiger partial charge on any atom is 0.262 e. The van der Waals surface area contributed by atoms with Crippen molar-refractivity contribution in [1.82, 2.24) is 9.55 Å². The largest absolute Gasteiger partial charge is 0.294 e. The lowest BCUT2D eigenvalue weighted by molar-refractivity contribution is 0.626. The van der Waals surface area contributed by atoms with Crippen molar-refractivity contribution in [3.05, 3.63) is 63.3 Å². The van der Waals surface area contributed by atoms with Crippen molar-refractivity contribution < 1.29 is 4.39 Å². The number of nitrogens with zero attached hydrogens (tertiary/aromatic N) is 2. The second-order valence-corrected chi connectivity index (χ2v) is 5.61. The second kappa shape index (κ2) is 4.59. The van der Waals surface area contributed by atoms with Crippen molar-refractivity contribution >= 4 is 21.6 Å². The second-order valence-electron chi connectivity index (χ2n) is 4.38. The first-order valence-electron chi connectivity index (χ1n) is 5.83. The van der Waals surface area contributed by atoms with E-state index >= 15 is 0 Å². The fraction of sp³-hybridized carbons (Fsp3) is 0.143. The number of hydrogen-bond donors (Lipinski definition) is 0. The van der Waals surface area contributed by atoms with Crippen molar-refractivity contribution in [2.75, 3.05) is 0 Å². The summed E-state index contributed by atoms with van der Waals surface area (Å²) in [6.45, 7) is 2.35. The van der Waals surface area contributed by atoms with Crippen LogP contribution < -0.4 is 5.56 Å². The van der Waals surface area contributed by atoms with Crippen LogP contribution in [0.3, 0.4) is 0 Å². The summed E-state index contributed by atoms with van der Waals surface area (Å²) in [5, 5.41) is 0.645. The predicted molar refractivity (Wildman–Crippen MR) is 74.1 cm³/mol. The molecule has 0 radical (unpaired) electrons. The lowest BCUT2D eigenvalue weighted by atomic mass is 10.2. The topological polar surface area (TPSA) is 34.9 Å². The molecule has 3 nitrogen and oxygen atoms in total. The van der Waals surface area contributed by atoms with E-state index in [4.69, 9.17) is 0 Å². The van der Waals surface area contributed by atoms with Gasteiger partial charge in [0.05, 0.1) is 18.3 Å². The number of halogens is 1. The van der Waals surface area contributed by atoms with Gasteiger partial charge in [0.25, 0.3) is 5.56 Å². The third-order valence-corrected chi connectivity index (χ3v) is 3.87. The maximum atomic E-state index is 12.8. The molecule has 0 unspecified atom stereocenters. The van der Waals surface area contributed by atoms with Crippen LogP contribution >= 0.6 is 11.3 Å². The molecule has 2 aromatic heterocycles. The minimum atomic E-state index is -0.280. The SMILES string of the molecule is Cc1cc2c(=O)n(Cc3ccc(F)cc3)cnc2s1. The molecule has 0 spiro atoms. The van der Waals surface area contributed by atoms with Crippen molar-refractivity contribution in [3.8, 4) is 0 Å². The van der Waals surface area contributed by atoms with Gasteiger partial charge in [-0.2, -0.15) is 0 Å². The Morgan fingerprint density at radius 3 is 2.79 bits per heavy atom. The number of fused-ring (bicyclic) bond motifs is 1. The third-order valence-electron chi connectivity index (χ3n) is 2.91. The van der Waals surface area contributed by atoms with Crippen LogP contribution in [0.25, 0.3) is 10.2 Å². The highest BCUT2D eigenvalue weighted by Gasteiger charge is 2.07. The van der Waals surface area contributed by atoms with Gasteiger partial charge in [-0.25, -0.2) is 9.37 Å². The first-order valence-corrected chi connectivity index (χ1v) is 6.65. The Hall–Kier alpha value is -2.01. The molecular formula is C14H11FN2OS. The molecule has 0 fully saturated rings. The minimum absolute atomic E-state index is 0.0568. The van der Waals surface area contributed by atoms with Gasteiger partial charge in [-0.15, -0.1) is 11.3 Å². The van der Waals surface area contributed by atoms with Crippen LogP contribution in [0.4, 0.5) is 4.39 Å². The maximum absolute atomic E-state index is 12.8. The third kappa shape index (κ3) is 2.29. The Morgan fingerprint density at radius 1 is 1.32 bits per heavy atom. The van der Waals surface area contributed by atoms with Crippen LogP contribution in [0.2, 0.25) is 0 Å². The fourth-order valence-corrected chi connectivity index (χ4v) is 2.82. The van der Waals surface area contributed by atoms with Gasteiger partial charge in [-0.05, 0) is 30.7 Å². The molecule has 96 valence electrons. The van der Waals surface area contributed by atoms with E-state index in [9.17, 15) is 9.18 Å². The van der Waals surface area contributed by atoms with Gasteiger partial charge < -0.3 is 0 Å². The van der Waals surface area contributed by atoms with Gasteiger partial charge in [-0.3, -0.25) is 9.36 Å². The number of hydrogen-bond acceptors (Lipinski definition) is 3. The van der Waals surface area contributed by atoms with E-state index in [0.29, 0.717) is 11.9 Å². The van der Waals surface area contributed by atoms with Crippen LogP contribution in [0, 0.1) is 12.7 Å². The van der Waals surface area contributed by atoms with Crippen LogP contribution in [0.5, 0.6) is 0 Å². The summed E-state index contributed by atoms with van der Waals surface area (Å²) >= 11 is 1.51. The first kappa shape index (κ1) is 12.0. The summed E-state index contributed by atoms with van der Waals surface area (Å²) in [6.07, 6.45) is 1.55. The number of benzene rings is 1. The van der Waals surface area contributed by atoms with Gasteiger partial charge in [0.1, 0.15) is 10.6 Å². The fourth-order valence-electron chi connectivity index (χ4n) is 1.98. The average molecular weight is 274 g/mol. The smallest absolute Gasteiger partial charge is 0.262 e. The van der Waals surface area contributed by atoms with Crippen LogP contribution in [-0.4, -0.2) is 9.55 Å². The summed E-state index contributed by atoms with van der Waals surface area (Å²) in [5.74, 6) is -0.280. The quantitative estimate of drug-likeness (QED) is 0.720. The average Bonchev–Trinajstić information content (AvgIpc) is 2.77. The zero-order valence-electron chi connectivity index (χ0n) is 10.3. The standard InChI is InChI=1S/C14H11FN2OS/c1-9-6-12-13(19-9)16-8-17(14(12)18)7-10-2-4-11(15)5-3-10/h2-6,8H,7H2,1H3. The highest BCUT2D eigenvalue weighted by Crippen LogP contribution is 2.19. The molecule has 0 bridgehead atoms. The molecule has 3 rings (SSSR count). The van der Waals surface area contributed by atoms with E-state index in [1.165, 1.54) is 23.5 Å². The monoisotopic (exact) mass is 274 g/mol. The van der Waals surface area contributed by atoms with E-state index in [1.807, 2.05) is 13.0 Å². The van der Waals surface area contributed by atoms with Gasteiger partial charge in [0.15, 0.2) is 0 Å². The van der Waals surface area contributed by atoms with E-state index in [0.717, 1.165) is 15.3 Å². The van der Waals surface area contributed by atoms with Crippen molar-refractivity contribution in [3.63, 3.8) is 0 Å². The molecule has 19 heavy (non-hydrogen) atoms. The van der Waals surface area contributed by atoms with Crippen LogP contribution in [-0.2, 0) is 6.54 Å². The summed E-state index contributed by atoms with van der Waals surface area (Å²) in [5.41, 5.74) is 0.815. The van der Waals surface area contributed by atoms with Crippen molar-refractivity contribution in [2.45, 2.75) is 13.5 Å². The van der Waals surface area contributed by atoms with E-state index in [2.05, 4.69) is 4.98 Å². The molecule has 0 aliphatic heterocycles. The Morgan fingerprint density at radius 2 is 2.05 bits per heavy atom. The van der Waals surface area contributed by atoms with E-state index in [-0.39, 0.29) is 11.4 Å². The Bertz CT molecular complexity index is 789. The Kier molecular flexibility index (Phi) is 2.91. The molecule has 0 atom stereocenters. The molecule has 0 aliphatic carbocycles. The normalized spacial score (nSPS) is 11.1. The number of thiophene rings is 1. The summed E-state index contributed by atoms with van der Waals surface area (Å²) in [7, 11) is 0. The number of aromatic nitrogens is 2. The lowest BCUT2D eigenvalue weighted by Gasteiger charge is -2.05. The predicted octanol–water partition coefficient (Wildman–Crippen LogP) is 2.95. The minimum Gasteiger partial charge on any atom is -0.294 e.